The van der Waals surface area contributed by atoms with E-state index in [4.69, 9.17) is 0 Å². The Hall–Kier alpha value is -1.13. The van der Waals surface area contributed by atoms with Gasteiger partial charge in [0.15, 0.2) is 0 Å². The van der Waals surface area contributed by atoms with E-state index in [2.05, 4.69) is 4.74 Å². The van der Waals surface area contributed by atoms with Gasteiger partial charge in [0.25, 0.3) is 42.9 Å². The van der Waals surface area contributed by atoms with Crippen LogP contribution in [0.15, 0.2) is 0 Å². The molecule has 1 N–H and O–H groups in total. The molecule has 0 saturated carbocycles. The molecular formula is C7H5F8NO2. The Balaban J connectivity index is 3.26. The standard InChI is InChI=1S/C7H5F8NO2/c8-1(9)6(2(10)11)5(17)16-7(18-6,3(12)13)4(14)15/h1-4H,(H,16,17). The van der Waals surface area contributed by atoms with Crippen molar-refractivity contribution in [3.8, 4) is 0 Å². The average molecular weight is 287 g/mol. The summed E-state index contributed by atoms with van der Waals surface area (Å²) in [4.78, 5) is 10.9. The first-order chi connectivity index (χ1) is 8.11. The molecule has 0 spiro atoms. The Kier molecular flexibility index (Phi) is 3.75. The summed E-state index contributed by atoms with van der Waals surface area (Å²) >= 11 is 0. The van der Waals surface area contributed by atoms with E-state index in [9.17, 15) is 39.9 Å². The largest absolute Gasteiger partial charge is 0.318 e. The monoisotopic (exact) mass is 287 g/mol. The quantitative estimate of drug-likeness (QED) is 0.798. The van der Waals surface area contributed by atoms with Crippen LogP contribution in [0.3, 0.4) is 0 Å². The van der Waals surface area contributed by atoms with Gasteiger partial charge in [-0.25, -0.2) is 35.1 Å². The zero-order chi connectivity index (χ0) is 14.3. The Morgan fingerprint density at radius 2 is 1.22 bits per heavy atom. The van der Waals surface area contributed by atoms with Crippen LogP contribution in [0.1, 0.15) is 0 Å². The number of ether oxygens (including phenoxy) is 1. The van der Waals surface area contributed by atoms with E-state index in [0.29, 0.717) is 5.32 Å². The highest BCUT2D eigenvalue weighted by Crippen LogP contribution is 2.42. The van der Waals surface area contributed by atoms with E-state index >= 15 is 0 Å². The zero-order valence-corrected chi connectivity index (χ0v) is 8.15. The van der Waals surface area contributed by atoms with Crippen LogP contribution in [-0.2, 0) is 9.53 Å². The van der Waals surface area contributed by atoms with Crippen LogP contribution in [0.5, 0.6) is 0 Å². The minimum absolute atomic E-state index is 0.699. The second-order valence-corrected chi connectivity index (χ2v) is 3.35. The summed E-state index contributed by atoms with van der Waals surface area (Å²) in [5.74, 6) is -2.41. The van der Waals surface area contributed by atoms with Crippen molar-refractivity contribution in [2.24, 2.45) is 0 Å². The summed E-state index contributed by atoms with van der Waals surface area (Å²) in [5, 5.41) is 0.699. The molecule has 0 bridgehead atoms. The van der Waals surface area contributed by atoms with Crippen molar-refractivity contribution in [2.45, 2.75) is 37.0 Å². The van der Waals surface area contributed by atoms with Gasteiger partial charge in [0.1, 0.15) is 0 Å². The van der Waals surface area contributed by atoms with Crippen molar-refractivity contribution in [1.82, 2.24) is 5.32 Å². The molecule has 0 unspecified atom stereocenters. The molecule has 3 nitrogen and oxygen atoms in total. The van der Waals surface area contributed by atoms with E-state index in [1.165, 1.54) is 0 Å². The minimum atomic E-state index is -4.33. The summed E-state index contributed by atoms with van der Waals surface area (Å²) in [6.07, 6.45) is -16.8. The van der Waals surface area contributed by atoms with Gasteiger partial charge in [-0.2, -0.15) is 0 Å². The molecule has 0 aliphatic carbocycles. The van der Waals surface area contributed by atoms with E-state index in [-0.39, 0.29) is 0 Å². The first kappa shape index (κ1) is 14.9. The number of hydrogen-bond acceptors (Lipinski definition) is 2. The number of alkyl halides is 8. The Bertz CT molecular complexity index is 317. The lowest BCUT2D eigenvalue weighted by Gasteiger charge is -2.30. The molecule has 11 heteroatoms. The van der Waals surface area contributed by atoms with Gasteiger partial charge in [-0.15, -0.1) is 0 Å². The van der Waals surface area contributed by atoms with E-state index < -0.39 is 42.9 Å². The van der Waals surface area contributed by atoms with Gasteiger partial charge >= 0.3 is 0 Å². The fourth-order valence-corrected chi connectivity index (χ4v) is 1.30. The highest BCUT2D eigenvalue weighted by molar-refractivity contribution is 5.89. The molecule has 0 aromatic heterocycles. The van der Waals surface area contributed by atoms with E-state index in [0.717, 1.165) is 0 Å². The number of amides is 1. The number of carbonyl (C=O) groups is 1. The first-order valence-electron chi connectivity index (χ1n) is 4.26. The Morgan fingerprint density at radius 3 is 1.39 bits per heavy atom. The molecule has 0 aromatic rings. The van der Waals surface area contributed by atoms with Crippen molar-refractivity contribution in [3.63, 3.8) is 0 Å². The maximum absolute atomic E-state index is 12.4. The lowest BCUT2D eigenvalue weighted by Crippen LogP contribution is -2.55. The number of nitrogens with one attached hydrogen (secondary N) is 1. The lowest BCUT2D eigenvalue weighted by atomic mass is 10.1. The second-order valence-electron chi connectivity index (χ2n) is 3.35. The van der Waals surface area contributed by atoms with Gasteiger partial charge in [0.05, 0.1) is 0 Å². The van der Waals surface area contributed by atoms with Gasteiger partial charge in [0.2, 0.25) is 0 Å². The summed E-state index contributed by atoms with van der Waals surface area (Å²) in [7, 11) is 0. The molecule has 0 atom stereocenters. The van der Waals surface area contributed by atoms with Crippen LogP contribution in [0.4, 0.5) is 35.1 Å². The predicted molar refractivity (Wildman–Crippen MR) is 38.7 cm³/mol. The molecule has 1 rings (SSSR count). The molecule has 0 aromatic carbocycles. The van der Waals surface area contributed by atoms with Gasteiger partial charge in [0, 0.05) is 0 Å². The third-order valence-electron chi connectivity index (χ3n) is 2.30. The Morgan fingerprint density at radius 1 is 0.833 bits per heavy atom. The van der Waals surface area contributed by atoms with Gasteiger partial charge in [-0.3, -0.25) is 4.79 Å². The van der Waals surface area contributed by atoms with Crippen LogP contribution < -0.4 is 5.32 Å². The number of carbonyl (C=O) groups excluding carboxylic acids is 1. The topological polar surface area (TPSA) is 38.3 Å². The Labute approximate surface area is 94.1 Å². The molecule has 1 aliphatic rings. The average Bonchev–Trinajstić information content (AvgIpc) is 2.54. The molecule has 1 fully saturated rings. The molecule has 1 amide bonds. The summed E-state index contributed by atoms with van der Waals surface area (Å²) in [5.41, 5.74) is -8.49. The maximum atomic E-state index is 12.4. The van der Waals surface area contributed by atoms with Crippen LogP contribution >= 0.6 is 0 Å². The zero-order valence-electron chi connectivity index (χ0n) is 8.15. The third-order valence-corrected chi connectivity index (χ3v) is 2.30. The molecule has 1 heterocycles. The lowest BCUT2D eigenvalue weighted by molar-refractivity contribution is -0.277. The van der Waals surface area contributed by atoms with Gasteiger partial charge in [-0.1, -0.05) is 0 Å². The molecular weight excluding hydrogens is 282 g/mol. The summed E-state index contributed by atoms with van der Waals surface area (Å²) < 4.78 is 103. The normalized spacial score (nSPS) is 22.3. The van der Waals surface area contributed by atoms with Crippen LogP contribution in [0, 0.1) is 0 Å². The van der Waals surface area contributed by atoms with E-state index in [1.54, 1.807) is 0 Å². The number of hydrogen-bond donors (Lipinski definition) is 1. The van der Waals surface area contributed by atoms with Crippen molar-refractivity contribution in [2.75, 3.05) is 0 Å². The summed E-state index contributed by atoms with van der Waals surface area (Å²) in [6, 6.07) is 0. The predicted octanol–water partition coefficient (Wildman–Crippen LogP) is 1.63. The van der Waals surface area contributed by atoms with Crippen LogP contribution in [0.2, 0.25) is 0 Å². The van der Waals surface area contributed by atoms with Gasteiger partial charge < -0.3 is 10.1 Å². The fraction of sp³-hybridized carbons (Fsp3) is 0.857. The third kappa shape index (κ3) is 1.80. The molecule has 18 heavy (non-hydrogen) atoms. The number of rotatable bonds is 4. The number of halogens is 8. The fourth-order valence-electron chi connectivity index (χ4n) is 1.30. The maximum Gasteiger partial charge on any atom is 0.291 e. The molecule has 1 aliphatic heterocycles. The van der Waals surface area contributed by atoms with Gasteiger partial charge in [-0.05, 0) is 0 Å². The van der Waals surface area contributed by atoms with Crippen molar-refractivity contribution in [3.05, 3.63) is 0 Å². The molecule has 106 valence electrons. The first-order valence-corrected chi connectivity index (χ1v) is 4.26. The second kappa shape index (κ2) is 4.52. The van der Waals surface area contributed by atoms with Crippen molar-refractivity contribution < 1.29 is 44.7 Å². The molecule has 0 radical (unpaired) electrons. The van der Waals surface area contributed by atoms with Crippen LogP contribution in [0.25, 0.3) is 0 Å². The van der Waals surface area contributed by atoms with Crippen molar-refractivity contribution in [1.29, 1.82) is 0 Å². The van der Waals surface area contributed by atoms with Crippen LogP contribution in [-0.4, -0.2) is 42.9 Å². The molecule has 1 saturated heterocycles. The highest BCUT2D eigenvalue weighted by atomic mass is 19.3. The van der Waals surface area contributed by atoms with Crippen molar-refractivity contribution >= 4 is 5.91 Å². The highest BCUT2D eigenvalue weighted by Gasteiger charge is 2.72. The smallest absolute Gasteiger partial charge is 0.291 e. The minimum Gasteiger partial charge on any atom is -0.318 e. The SMILES string of the molecule is O=C1NC(C(F)F)(C(F)F)OC1(C(F)F)C(F)F. The summed E-state index contributed by atoms with van der Waals surface area (Å²) in [6.45, 7) is 0. The van der Waals surface area contributed by atoms with E-state index in [1.807, 2.05) is 0 Å².